The molecule has 0 aromatic carbocycles. The zero-order valence-electron chi connectivity index (χ0n) is 13.1. The van der Waals surface area contributed by atoms with E-state index in [9.17, 15) is 13.2 Å². The molecule has 1 N–H and O–H groups in total. The normalized spacial score (nSPS) is 23.9. The summed E-state index contributed by atoms with van der Waals surface area (Å²) in [6.07, 6.45) is 3.27. The van der Waals surface area contributed by atoms with Crippen molar-refractivity contribution in [1.29, 1.82) is 0 Å². The van der Waals surface area contributed by atoms with Gasteiger partial charge in [-0.3, -0.25) is 4.79 Å². The van der Waals surface area contributed by atoms with Gasteiger partial charge in [-0.2, -0.15) is 5.10 Å². The van der Waals surface area contributed by atoms with E-state index in [0.717, 1.165) is 18.5 Å². The van der Waals surface area contributed by atoms with Crippen molar-refractivity contribution in [3.8, 4) is 0 Å². The minimum absolute atomic E-state index is 0.0423. The lowest BCUT2D eigenvalue weighted by Crippen LogP contribution is -2.20. The first-order valence-corrected chi connectivity index (χ1v) is 9.76. The lowest BCUT2D eigenvalue weighted by atomic mass is 10.1. The predicted octanol–water partition coefficient (Wildman–Crippen LogP) is 2.10. The lowest BCUT2D eigenvalue weighted by molar-refractivity contribution is -0.116. The van der Waals surface area contributed by atoms with Crippen LogP contribution in [0.25, 0.3) is 0 Å². The van der Waals surface area contributed by atoms with E-state index in [2.05, 4.69) is 10.4 Å². The van der Waals surface area contributed by atoms with Crippen LogP contribution in [0.2, 0.25) is 0 Å². The molecule has 1 aromatic rings. The molecule has 2 aliphatic rings. The standard InChI is InChI=1S/C15H23N3O3S/c1-10(2)7-15(19)16-14-8-13(11-3-4-11)17-18(14)12-5-6-22(20,21)9-12/h8,10-12H,3-7,9H2,1-2H3,(H,16,19)/t12-/m0/s1. The quantitative estimate of drug-likeness (QED) is 0.899. The van der Waals surface area contributed by atoms with E-state index in [1.54, 1.807) is 4.68 Å². The maximum absolute atomic E-state index is 12.0. The van der Waals surface area contributed by atoms with Gasteiger partial charge < -0.3 is 5.32 Å². The largest absolute Gasteiger partial charge is 0.311 e. The van der Waals surface area contributed by atoms with Gasteiger partial charge in [0.15, 0.2) is 9.84 Å². The Kier molecular flexibility index (Phi) is 4.01. The molecular weight excluding hydrogens is 302 g/mol. The summed E-state index contributed by atoms with van der Waals surface area (Å²) in [5.74, 6) is 1.68. The van der Waals surface area contributed by atoms with E-state index >= 15 is 0 Å². The molecule has 2 heterocycles. The average molecular weight is 325 g/mol. The molecule has 0 unspecified atom stereocenters. The third kappa shape index (κ3) is 3.51. The Balaban J connectivity index is 1.82. The summed E-state index contributed by atoms with van der Waals surface area (Å²) in [6, 6.07) is 1.76. The average Bonchev–Trinajstić information content (AvgIpc) is 3.07. The Morgan fingerprint density at radius 1 is 1.41 bits per heavy atom. The molecule has 0 spiro atoms. The zero-order chi connectivity index (χ0) is 15.9. The van der Waals surface area contributed by atoms with Gasteiger partial charge in [0.05, 0.1) is 23.2 Å². The number of amides is 1. The monoisotopic (exact) mass is 325 g/mol. The number of carbonyl (C=O) groups is 1. The molecule has 1 aliphatic heterocycles. The van der Waals surface area contributed by atoms with Crippen LogP contribution in [0, 0.1) is 5.92 Å². The molecule has 7 heteroatoms. The molecule has 1 amide bonds. The zero-order valence-corrected chi connectivity index (χ0v) is 13.9. The van der Waals surface area contributed by atoms with Crippen molar-refractivity contribution in [2.75, 3.05) is 16.8 Å². The molecule has 3 rings (SSSR count). The van der Waals surface area contributed by atoms with Crippen LogP contribution in [0.1, 0.15) is 57.2 Å². The number of sulfone groups is 1. The second-order valence-electron chi connectivity index (χ2n) is 6.88. The number of nitrogens with one attached hydrogen (secondary N) is 1. The molecule has 1 atom stereocenters. The Hall–Kier alpha value is -1.37. The minimum atomic E-state index is -2.98. The molecule has 1 aromatic heterocycles. The lowest BCUT2D eigenvalue weighted by Gasteiger charge is -2.14. The third-order valence-corrected chi connectivity index (χ3v) is 5.92. The second kappa shape index (κ2) is 5.68. The van der Waals surface area contributed by atoms with E-state index in [-0.39, 0.29) is 29.4 Å². The Bertz CT molecular complexity index is 674. The number of anilines is 1. The van der Waals surface area contributed by atoms with Crippen molar-refractivity contribution < 1.29 is 13.2 Å². The maximum atomic E-state index is 12.0. The highest BCUT2D eigenvalue weighted by Crippen LogP contribution is 2.41. The Morgan fingerprint density at radius 3 is 2.68 bits per heavy atom. The highest BCUT2D eigenvalue weighted by molar-refractivity contribution is 7.91. The SMILES string of the molecule is CC(C)CC(=O)Nc1cc(C2CC2)nn1[C@H]1CCS(=O)(=O)C1. The summed E-state index contributed by atoms with van der Waals surface area (Å²) in [5, 5.41) is 7.51. The first kappa shape index (κ1) is 15.5. The number of aromatic nitrogens is 2. The topological polar surface area (TPSA) is 81.1 Å². The van der Waals surface area contributed by atoms with E-state index in [1.807, 2.05) is 19.9 Å². The predicted molar refractivity (Wildman–Crippen MR) is 84.6 cm³/mol. The van der Waals surface area contributed by atoms with Crippen molar-refractivity contribution in [3.63, 3.8) is 0 Å². The second-order valence-corrected chi connectivity index (χ2v) is 9.11. The number of nitrogens with zero attached hydrogens (tertiary/aromatic N) is 2. The van der Waals surface area contributed by atoms with Crippen LogP contribution in [0.3, 0.4) is 0 Å². The fraction of sp³-hybridized carbons (Fsp3) is 0.733. The summed E-state index contributed by atoms with van der Waals surface area (Å²) < 4.78 is 25.2. The number of rotatable bonds is 5. The van der Waals surface area contributed by atoms with Gasteiger partial charge in [0.2, 0.25) is 5.91 Å². The van der Waals surface area contributed by atoms with Gasteiger partial charge in [-0.1, -0.05) is 13.8 Å². The van der Waals surface area contributed by atoms with E-state index < -0.39 is 9.84 Å². The van der Waals surface area contributed by atoms with Gasteiger partial charge in [0, 0.05) is 18.4 Å². The van der Waals surface area contributed by atoms with E-state index in [0.29, 0.717) is 24.6 Å². The van der Waals surface area contributed by atoms with Crippen LogP contribution in [0.5, 0.6) is 0 Å². The molecule has 1 saturated heterocycles. The van der Waals surface area contributed by atoms with Crippen LogP contribution in [0.4, 0.5) is 5.82 Å². The highest BCUT2D eigenvalue weighted by Gasteiger charge is 2.34. The molecule has 1 aliphatic carbocycles. The third-order valence-electron chi connectivity index (χ3n) is 4.17. The van der Waals surface area contributed by atoms with Crippen LogP contribution < -0.4 is 5.32 Å². The molecular formula is C15H23N3O3S. The minimum Gasteiger partial charge on any atom is -0.311 e. The van der Waals surface area contributed by atoms with Crippen molar-refractivity contribution in [2.24, 2.45) is 5.92 Å². The van der Waals surface area contributed by atoms with Crippen LogP contribution in [0.15, 0.2) is 6.07 Å². The molecule has 22 heavy (non-hydrogen) atoms. The molecule has 1 saturated carbocycles. The molecule has 0 bridgehead atoms. The smallest absolute Gasteiger partial charge is 0.225 e. The summed E-state index contributed by atoms with van der Waals surface area (Å²) in [6.45, 7) is 3.99. The van der Waals surface area contributed by atoms with Gasteiger partial charge >= 0.3 is 0 Å². The Labute approximate surface area is 131 Å². The Morgan fingerprint density at radius 2 is 2.14 bits per heavy atom. The molecule has 6 nitrogen and oxygen atoms in total. The van der Waals surface area contributed by atoms with Crippen LogP contribution in [-0.2, 0) is 14.6 Å². The van der Waals surface area contributed by atoms with Crippen molar-refractivity contribution >= 4 is 21.6 Å². The van der Waals surface area contributed by atoms with Gasteiger partial charge in [-0.05, 0) is 25.2 Å². The summed E-state index contributed by atoms with van der Waals surface area (Å²) >= 11 is 0. The van der Waals surface area contributed by atoms with E-state index in [1.165, 1.54) is 0 Å². The summed E-state index contributed by atoms with van der Waals surface area (Å²) in [4.78, 5) is 12.0. The molecule has 2 fully saturated rings. The van der Waals surface area contributed by atoms with Crippen molar-refractivity contribution in [2.45, 2.75) is 51.5 Å². The van der Waals surface area contributed by atoms with Crippen LogP contribution >= 0.6 is 0 Å². The van der Waals surface area contributed by atoms with Crippen LogP contribution in [-0.4, -0.2) is 35.6 Å². The maximum Gasteiger partial charge on any atom is 0.225 e. The number of hydrogen-bond donors (Lipinski definition) is 1. The molecule has 0 radical (unpaired) electrons. The van der Waals surface area contributed by atoms with Gasteiger partial charge in [0.25, 0.3) is 0 Å². The van der Waals surface area contributed by atoms with Crippen molar-refractivity contribution in [3.05, 3.63) is 11.8 Å². The summed E-state index contributed by atoms with van der Waals surface area (Å²) in [7, 11) is -2.98. The number of carbonyl (C=O) groups excluding carboxylic acids is 1. The first-order valence-electron chi connectivity index (χ1n) is 7.94. The first-order chi connectivity index (χ1) is 10.3. The fourth-order valence-corrected chi connectivity index (χ4v) is 4.59. The van der Waals surface area contributed by atoms with Crippen molar-refractivity contribution in [1.82, 2.24) is 9.78 Å². The van der Waals surface area contributed by atoms with Gasteiger partial charge in [-0.25, -0.2) is 13.1 Å². The fourth-order valence-electron chi connectivity index (χ4n) is 2.90. The number of hydrogen-bond acceptors (Lipinski definition) is 4. The molecule has 122 valence electrons. The van der Waals surface area contributed by atoms with E-state index in [4.69, 9.17) is 0 Å². The summed E-state index contributed by atoms with van der Waals surface area (Å²) in [5.41, 5.74) is 0.976. The van der Waals surface area contributed by atoms with Gasteiger partial charge in [0.1, 0.15) is 5.82 Å². The highest BCUT2D eigenvalue weighted by atomic mass is 32.2. The van der Waals surface area contributed by atoms with Gasteiger partial charge in [-0.15, -0.1) is 0 Å².